The molecule has 1 rings (SSSR count). The number of nitrogens with zero attached hydrogens (tertiary/aromatic N) is 2. The van der Waals surface area contributed by atoms with Crippen LogP contribution < -0.4 is 0 Å². The molecule has 5 heteroatoms. The first kappa shape index (κ1) is 20.8. The largest absolute Gasteiger partial charge is 0.405 e. The lowest BCUT2D eigenvalue weighted by Gasteiger charge is -2.43. The first-order valence-corrected chi connectivity index (χ1v) is 8.81. The number of rotatable bonds is 5. The zero-order chi connectivity index (χ0) is 17.9. The first-order chi connectivity index (χ1) is 10.3. The molecule has 0 amide bonds. The fourth-order valence-electron chi connectivity index (χ4n) is 2.96. The van der Waals surface area contributed by atoms with Crippen LogP contribution in [0.2, 0.25) is 0 Å². The van der Waals surface area contributed by atoms with Crippen molar-refractivity contribution in [2.45, 2.75) is 73.0 Å². The van der Waals surface area contributed by atoms with E-state index in [4.69, 9.17) is 0 Å². The highest BCUT2D eigenvalue weighted by Gasteiger charge is 2.46. The second-order valence-electron chi connectivity index (χ2n) is 9.37. The van der Waals surface area contributed by atoms with Crippen molar-refractivity contribution in [1.29, 1.82) is 0 Å². The molecule has 1 heterocycles. The lowest BCUT2D eigenvalue weighted by atomic mass is 9.90. The highest BCUT2D eigenvalue weighted by atomic mass is 19.4. The Morgan fingerprint density at radius 2 is 1.39 bits per heavy atom. The molecule has 0 bridgehead atoms. The summed E-state index contributed by atoms with van der Waals surface area (Å²) in [4.78, 5) is 3.64. The molecule has 1 aliphatic heterocycles. The van der Waals surface area contributed by atoms with E-state index in [-0.39, 0.29) is 17.4 Å². The normalized spacial score (nSPS) is 22.6. The number of alkyl halides is 3. The molecule has 1 unspecified atom stereocenters. The van der Waals surface area contributed by atoms with Crippen LogP contribution in [-0.4, -0.2) is 54.7 Å². The number of hydrogen-bond acceptors (Lipinski definition) is 2. The Balaban J connectivity index is 2.57. The van der Waals surface area contributed by atoms with Gasteiger partial charge >= 0.3 is 6.18 Å². The second kappa shape index (κ2) is 7.73. The average Bonchev–Trinajstić information content (AvgIpc) is 2.33. The molecule has 0 aliphatic carbocycles. The summed E-state index contributed by atoms with van der Waals surface area (Å²) in [6.45, 7) is 15.5. The Morgan fingerprint density at radius 1 is 0.826 bits per heavy atom. The summed E-state index contributed by atoms with van der Waals surface area (Å²) in [6.07, 6.45) is -1.41. The molecule has 0 saturated carbocycles. The van der Waals surface area contributed by atoms with Gasteiger partial charge in [-0.05, 0) is 43.2 Å². The number of halogens is 3. The van der Waals surface area contributed by atoms with Crippen LogP contribution in [0.5, 0.6) is 0 Å². The Hall–Kier alpha value is -0.290. The van der Waals surface area contributed by atoms with E-state index in [1.807, 2.05) is 4.90 Å². The predicted molar refractivity (Wildman–Crippen MR) is 90.6 cm³/mol. The highest BCUT2D eigenvalue weighted by molar-refractivity contribution is 4.87. The van der Waals surface area contributed by atoms with Crippen molar-refractivity contribution in [1.82, 2.24) is 9.80 Å². The Bertz CT molecular complexity index is 353. The molecule has 1 atom stereocenters. The lowest BCUT2D eigenvalue weighted by Crippen LogP contribution is -2.59. The van der Waals surface area contributed by atoms with Crippen molar-refractivity contribution in [2.75, 3.05) is 32.7 Å². The molecule has 138 valence electrons. The van der Waals surface area contributed by atoms with Crippen LogP contribution in [0.3, 0.4) is 0 Å². The van der Waals surface area contributed by atoms with Crippen LogP contribution in [0, 0.1) is 10.8 Å². The second-order valence-corrected chi connectivity index (χ2v) is 9.37. The average molecular weight is 336 g/mol. The smallest absolute Gasteiger partial charge is 0.300 e. The summed E-state index contributed by atoms with van der Waals surface area (Å²) in [7, 11) is 0. The molecule has 2 nitrogen and oxygen atoms in total. The standard InChI is InChI=1S/C18H35F3N2/c1-16(2,3)8-7-10-23-13-12-22(11-9-17(4,5)6)14-15(23)18(19,20)21/h15H,7-14H2,1-6H3. The quantitative estimate of drug-likeness (QED) is 0.712. The fraction of sp³-hybridized carbons (Fsp3) is 1.00. The van der Waals surface area contributed by atoms with E-state index in [0.29, 0.717) is 13.1 Å². The van der Waals surface area contributed by atoms with E-state index in [0.717, 1.165) is 32.4 Å². The predicted octanol–water partition coefficient (Wildman–Crippen LogP) is 4.80. The van der Waals surface area contributed by atoms with Gasteiger partial charge < -0.3 is 4.90 Å². The molecule has 0 radical (unpaired) electrons. The van der Waals surface area contributed by atoms with Gasteiger partial charge in [0.2, 0.25) is 0 Å². The van der Waals surface area contributed by atoms with E-state index >= 15 is 0 Å². The molecule has 0 aromatic heterocycles. The zero-order valence-electron chi connectivity index (χ0n) is 15.8. The van der Waals surface area contributed by atoms with Gasteiger partial charge in [0.25, 0.3) is 0 Å². The third-order valence-electron chi connectivity index (χ3n) is 4.50. The Kier molecular flexibility index (Phi) is 6.97. The summed E-state index contributed by atoms with van der Waals surface area (Å²) < 4.78 is 40.3. The van der Waals surface area contributed by atoms with E-state index in [1.165, 1.54) is 0 Å². The molecule has 0 aromatic rings. The van der Waals surface area contributed by atoms with Crippen molar-refractivity contribution < 1.29 is 13.2 Å². The molecule has 23 heavy (non-hydrogen) atoms. The third kappa shape index (κ3) is 8.39. The van der Waals surface area contributed by atoms with Gasteiger partial charge in [0.1, 0.15) is 6.04 Å². The van der Waals surface area contributed by atoms with Gasteiger partial charge in [-0.2, -0.15) is 13.2 Å². The van der Waals surface area contributed by atoms with Crippen LogP contribution >= 0.6 is 0 Å². The van der Waals surface area contributed by atoms with Gasteiger partial charge in [-0.15, -0.1) is 0 Å². The molecule has 0 N–H and O–H groups in total. The molecule has 1 aliphatic rings. The monoisotopic (exact) mass is 336 g/mol. The fourth-order valence-corrected chi connectivity index (χ4v) is 2.96. The zero-order valence-corrected chi connectivity index (χ0v) is 15.8. The van der Waals surface area contributed by atoms with Crippen LogP contribution in [0.4, 0.5) is 13.2 Å². The summed E-state index contributed by atoms with van der Waals surface area (Å²) in [5.74, 6) is 0. The van der Waals surface area contributed by atoms with Gasteiger partial charge in [-0.3, -0.25) is 4.90 Å². The van der Waals surface area contributed by atoms with Crippen molar-refractivity contribution in [3.8, 4) is 0 Å². The van der Waals surface area contributed by atoms with Crippen molar-refractivity contribution in [3.05, 3.63) is 0 Å². The minimum atomic E-state index is -4.14. The summed E-state index contributed by atoms with van der Waals surface area (Å²) in [5, 5.41) is 0. The number of hydrogen-bond donors (Lipinski definition) is 0. The van der Waals surface area contributed by atoms with E-state index < -0.39 is 12.2 Å². The minimum absolute atomic E-state index is 0.120. The third-order valence-corrected chi connectivity index (χ3v) is 4.50. The number of piperazine rings is 1. The van der Waals surface area contributed by atoms with Crippen LogP contribution in [0.1, 0.15) is 60.8 Å². The summed E-state index contributed by atoms with van der Waals surface area (Å²) in [6, 6.07) is -1.31. The molecular weight excluding hydrogens is 301 g/mol. The summed E-state index contributed by atoms with van der Waals surface area (Å²) in [5.41, 5.74) is 0.347. The maximum Gasteiger partial charge on any atom is 0.405 e. The van der Waals surface area contributed by atoms with E-state index in [9.17, 15) is 13.2 Å². The van der Waals surface area contributed by atoms with E-state index in [2.05, 4.69) is 41.5 Å². The van der Waals surface area contributed by atoms with Gasteiger partial charge in [-0.1, -0.05) is 41.5 Å². The molecule has 0 spiro atoms. The Labute approximate surface area is 140 Å². The maximum absolute atomic E-state index is 13.4. The molecule has 1 fully saturated rings. The van der Waals surface area contributed by atoms with Gasteiger partial charge in [-0.25, -0.2) is 0 Å². The first-order valence-electron chi connectivity index (χ1n) is 8.81. The van der Waals surface area contributed by atoms with Gasteiger partial charge in [0.15, 0.2) is 0 Å². The van der Waals surface area contributed by atoms with Gasteiger partial charge in [0, 0.05) is 19.6 Å². The lowest BCUT2D eigenvalue weighted by molar-refractivity contribution is -0.197. The molecule has 0 aromatic carbocycles. The SMILES string of the molecule is CC(C)(C)CCCN1CCN(CCC(C)(C)C)CC1C(F)(F)F. The maximum atomic E-state index is 13.4. The topological polar surface area (TPSA) is 6.48 Å². The summed E-state index contributed by atoms with van der Waals surface area (Å²) >= 11 is 0. The van der Waals surface area contributed by atoms with Crippen LogP contribution in [-0.2, 0) is 0 Å². The van der Waals surface area contributed by atoms with Crippen molar-refractivity contribution >= 4 is 0 Å². The van der Waals surface area contributed by atoms with Gasteiger partial charge in [0.05, 0.1) is 0 Å². The Morgan fingerprint density at radius 3 is 1.87 bits per heavy atom. The van der Waals surface area contributed by atoms with Crippen LogP contribution in [0.15, 0.2) is 0 Å². The highest BCUT2D eigenvalue weighted by Crippen LogP contribution is 2.30. The minimum Gasteiger partial charge on any atom is -0.300 e. The molecule has 1 saturated heterocycles. The van der Waals surface area contributed by atoms with Crippen molar-refractivity contribution in [2.24, 2.45) is 10.8 Å². The van der Waals surface area contributed by atoms with Crippen LogP contribution in [0.25, 0.3) is 0 Å². The molecular formula is C18H35F3N2. The van der Waals surface area contributed by atoms with Crippen molar-refractivity contribution in [3.63, 3.8) is 0 Å². The van der Waals surface area contributed by atoms with E-state index in [1.54, 1.807) is 4.90 Å².